The van der Waals surface area contributed by atoms with Crippen molar-refractivity contribution in [3.8, 4) is 17.3 Å². The van der Waals surface area contributed by atoms with Gasteiger partial charge in [0.2, 0.25) is 5.95 Å². The van der Waals surface area contributed by atoms with E-state index in [4.69, 9.17) is 39.9 Å². The Labute approximate surface area is 121 Å². The summed E-state index contributed by atoms with van der Waals surface area (Å²) in [5, 5.41) is 8.49. The molecule has 0 unspecified atom stereocenters. The van der Waals surface area contributed by atoms with Gasteiger partial charge in [0.25, 0.3) is 0 Å². The number of nitriles is 1. The van der Waals surface area contributed by atoms with E-state index in [1.807, 2.05) is 0 Å². The third-order valence-electron chi connectivity index (χ3n) is 2.41. The third kappa shape index (κ3) is 2.19. The Morgan fingerprint density at radius 3 is 2.45 bits per heavy atom. The van der Waals surface area contributed by atoms with Crippen molar-refractivity contribution >= 4 is 35.0 Å². The summed E-state index contributed by atoms with van der Waals surface area (Å²) in [6.07, 6.45) is 0. The Hall–Kier alpha value is -2.17. The molecule has 0 bridgehead atoms. The highest BCUT2D eigenvalue weighted by atomic mass is 35.5. The fourth-order valence-electron chi connectivity index (χ4n) is 1.57. The minimum Gasteiger partial charge on any atom is -0.382 e. The van der Waals surface area contributed by atoms with Crippen LogP contribution in [0.5, 0.6) is 0 Å². The van der Waals surface area contributed by atoms with Crippen molar-refractivity contribution in [3.05, 3.63) is 33.3 Å². The molecule has 0 aliphatic carbocycles. The van der Waals surface area contributed by atoms with E-state index in [0.717, 1.165) is 0 Å². The maximum atomic E-state index is 13.9. The lowest BCUT2D eigenvalue weighted by molar-refractivity contribution is 0.511. The molecule has 9 heteroatoms. The average Bonchev–Trinajstić information content (AvgIpc) is 2.36. The highest BCUT2D eigenvalue weighted by molar-refractivity contribution is 6.43. The molecule has 1 aromatic heterocycles. The molecule has 0 fully saturated rings. The van der Waals surface area contributed by atoms with Crippen molar-refractivity contribution in [1.82, 2.24) is 9.97 Å². The number of anilines is 2. The van der Waals surface area contributed by atoms with Gasteiger partial charge in [0.05, 0.1) is 15.6 Å². The van der Waals surface area contributed by atoms with Crippen LogP contribution in [-0.2, 0) is 0 Å². The maximum absolute atomic E-state index is 13.9. The Morgan fingerprint density at radius 1 is 1.20 bits per heavy atom. The summed E-state index contributed by atoms with van der Waals surface area (Å²) in [4.78, 5) is 7.26. The van der Waals surface area contributed by atoms with Crippen LogP contribution in [0.2, 0.25) is 10.0 Å². The fourth-order valence-corrected chi connectivity index (χ4v) is 1.99. The normalized spacial score (nSPS) is 10.3. The zero-order valence-electron chi connectivity index (χ0n) is 9.59. The lowest BCUT2D eigenvalue weighted by Crippen LogP contribution is -2.06. The van der Waals surface area contributed by atoms with Crippen LogP contribution in [0.3, 0.4) is 0 Å². The van der Waals surface area contributed by atoms with Gasteiger partial charge in [0, 0.05) is 0 Å². The Morgan fingerprint density at radius 2 is 1.85 bits per heavy atom. The van der Waals surface area contributed by atoms with Gasteiger partial charge in [-0.1, -0.05) is 23.2 Å². The van der Waals surface area contributed by atoms with E-state index < -0.39 is 17.2 Å². The van der Waals surface area contributed by atoms with Crippen molar-refractivity contribution in [2.45, 2.75) is 0 Å². The predicted octanol–water partition coefficient (Wildman–Crippen LogP) is 2.76. The molecule has 5 nitrogen and oxygen atoms in total. The van der Waals surface area contributed by atoms with Crippen LogP contribution in [0.4, 0.5) is 20.5 Å². The highest BCUT2D eigenvalue weighted by Crippen LogP contribution is 2.38. The molecular formula is C11H5Cl2F2N5. The van der Waals surface area contributed by atoms with Gasteiger partial charge >= 0.3 is 0 Å². The molecule has 102 valence electrons. The van der Waals surface area contributed by atoms with E-state index in [2.05, 4.69) is 9.97 Å². The van der Waals surface area contributed by atoms with Crippen molar-refractivity contribution in [2.75, 3.05) is 11.5 Å². The van der Waals surface area contributed by atoms with Crippen molar-refractivity contribution in [2.24, 2.45) is 0 Å². The Kier molecular flexibility index (Phi) is 3.61. The van der Waals surface area contributed by atoms with Crippen LogP contribution in [-0.4, -0.2) is 9.97 Å². The number of nitrogen functional groups attached to an aromatic ring is 2. The third-order valence-corrected chi connectivity index (χ3v) is 3.20. The van der Waals surface area contributed by atoms with E-state index >= 15 is 0 Å². The van der Waals surface area contributed by atoms with Crippen LogP contribution in [0.1, 0.15) is 5.56 Å². The Balaban J connectivity index is 2.93. The van der Waals surface area contributed by atoms with Crippen LogP contribution < -0.4 is 11.5 Å². The second kappa shape index (κ2) is 5.07. The topological polar surface area (TPSA) is 102 Å². The SMILES string of the molecule is N#Cc1c(N)nc(N)nc1-c1c(F)c(F)cc(Cl)c1Cl. The summed E-state index contributed by atoms with van der Waals surface area (Å²) in [6, 6.07) is 2.40. The molecule has 2 rings (SSSR count). The fraction of sp³-hybridized carbons (Fsp3) is 0. The number of rotatable bonds is 1. The zero-order valence-corrected chi connectivity index (χ0v) is 11.1. The van der Waals surface area contributed by atoms with E-state index in [1.165, 1.54) is 0 Å². The molecule has 20 heavy (non-hydrogen) atoms. The van der Waals surface area contributed by atoms with Crippen molar-refractivity contribution in [1.29, 1.82) is 5.26 Å². The van der Waals surface area contributed by atoms with Gasteiger partial charge in [-0.25, -0.2) is 13.8 Å². The second-order valence-corrected chi connectivity index (χ2v) is 4.43. The molecule has 1 heterocycles. The molecule has 0 saturated carbocycles. The van der Waals surface area contributed by atoms with Crippen molar-refractivity contribution in [3.63, 3.8) is 0 Å². The number of halogens is 4. The van der Waals surface area contributed by atoms with Crippen LogP contribution in [0, 0.1) is 23.0 Å². The summed E-state index contributed by atoms with van der Waals surface area (Å²) >= 11 is 11.5. The van der Waals surface area contributed by atoms with E-state index in [9.17, 15) is 8.78 Å². The van der Waals surface area contributed by atoms with Gasteiger partial charge in [-0.3, -0.25) is 0 Å². The average molecular weight is 316 g/mol. The van der Waals surface area contributed by atoms with Crippen LogP contribution in [0.15, 0.2) is 6.07 Å². The summed E-state index contributed by atoms with van der Waals surface area (Å²) < 4.78 is 27.4. The first-order chi connectivity index (χ1) is 9.36. The number of aromatic nitrogens is 2. The second-order valence-electron chi connectivity index (χ2n) is 3.65. The van der Waals surface area contributed by atoms with Crippen LogP contribution in [0.25, 0.3) is 11.3 Å². The van der Waals surface area contributed by atoms with Gasteiger partial charge in [0.15, 0.2) is 11.6 Å². The minimum absolute atomic E-state index is 0.236. The standard InChI is InChI=1S/C11H5Cl2F2N5/c12-4-1-5(14)8(15)6(7(4)13)9-3(2-16)10(17)20-11(18)19-9/h1H,(H4,17,18,19,20). The minimum atomic E-state index is -1.31. The molecule has 1 aromatic carbocycles. The molecule has 0 radical (unpaired) electrons. The Bertz CT molecular complexity index is 731. The zero-order chi connectivity index (χ0) is 15.0. The largest absolute Gasteiger partial charge is 0.382 e. The quantitative estimate of drug-likeness (QED) is 0.788. The van der Waals surface area contributed by atoms with Gasteiger partial charge in [-0.15, -0.1) is 0 Å². The lowest BCUT2D eigenvalue weighted by atomic mass is 10.1. The molecule has 0 saturated heterocycles. The summed E-state index contributed by atoms with van der Waals surface area (Å²) in [5.74, 6) is -3.14. The number of hydrogen-bond acceptors (Lipinski definition) is 5. The van der Waals surface area contributed by atoms with Crippen LogP contribution >= 0.6 is 23.2 Å². The van der Waals surface area contributed by atoms with Crippen molar-refractivity contribution < 1.29 is 8.78 Å². The lowest BCUT2D eigenvalue weighted by Gasteiger charge is -2.11. The smallest absolute Gasteiger partial charge is 0.222 e. The molecule has 4 N–H and O–H groups in total. The number of hydrogen-bond donors (Lipinski definition) is 2. The number of benzene rings is 1. The first kappa shape index (κ1) is 14.2. The molecule has 0 aliphatic heterocycles. The highest BCUT2D eigenvalue weighted by Gasteiger charge is 2.23. The first-order valence-electron chi connectivity index (χ1n) is 5.03. The number of nitrogens with zero attached hydrogens (tertiary/aromatic N) is 3. The van der Waals surface area contributed by atoms with Gasteiger partial charge in [-0.2, -0.15) is 10.2 Å². The van der Waals surface area contributed by atoms with E-state index in [0.29, 0.717) is 6.07 Å². The summed E-state index contributed by atoms with van der Waals surface area (Å²) in [5.41, 5.74) is 9.81. The maximum Gasteiger partial charge on any atom is 0.222 e. The molecule has 0 amide bonds. The molecule has 2 aromatic rings. The van der Waals surface area contributed by atoms with E-state index in [1.54, 1.807) is 6.07 Å². The van der Waals surface area contributed by atoms with E-state index in [-0.39, 0.29) is 33.1 Å². The first-order valence-corrected chi connectivity index (χ1v) is 5.78. The molecule has 0 spiro atoms. The van der Waals surface area contributed by atoms with Gasteiger partial charge < -0.3 is 11.5 Å². The van der Waals surface area contributed by atoms with Gasteiger partial charge in [0.1, 0.15) is 23.1 Å². The molecular weight excluding hydrogens is 311 g/mol. The summed E-state index contributed by atoms with van der Waals surface area (Å²) in [7, 11) is 0. The predicted molar refractivity (Wildman–Crippen MR) is 70.9 cm³/mol. The summed E-state index contributed by atoms with van der Waals surface area (Å²) in [6.45, 7) is 0. The molecule has 0 atom stereocenters. The number of nitrogens with two attached hydrogens (primary N) is 2. The molecule has 0 aliphatic rings. The monoisotopic (exact) mass is 315 g/mol. The van der Waals surface area contributed by atoms with Gasteiger partial charge in [-0.05, 0) is 6.07 Å².